The molecule has 1 unspecified atom stereocenters. The van der Waals surface area contributed by atoms with Crippen LogP contribution >= 0.6 is 11.3 Å². The maximum Gasteiger partial charge on any atom is 0.271 e. The summed E-state index contributed by atoms with van der Waals surface area (Å²) in [5, 5.41) is 19.9. The Balaban J connectivity index is 1.47. The van der Waals surface area contributed by atoms with Gasteiger partial charge in [0.2, 0.25) is 5.13 Å². The highest BCUT2D eigenvalue weighted by atomic mass is 32.1. The van der Waals surface area contributed by atoms with E-state index in [2.05, 4.69) is 10.4 Å². The molecule has 1 atom stereocenters. The molecule has 1 fully saturated rings. The summed E-state index contributed by atoms with van der Waals surface area (Å²) in [7, 11) is 0. The minimum absolute atomic E-state index is 0.0680. The van der Waals surface area contributed by atoms with Crippen LogP contribution in [0.15, 0.2) is 66.0 Å². The largest absolute Gasteiger partial charge is 0.508 e. The van der Waals surface area contributed by atoms with Crippen molar-refractivity contribution in [3.05, 3.63) is 71.7 Å². The summed E-state index contributed by atoms with van der Waals surface area (Å²) in [5.41, 5.74) is 3.60. The molecule has 0 spiro atoms. The molecule has 5 rings (SSSR count). The third-order valence-corrected chi connectivity index (χ3v) is 6.16. The van der Waals surface area contributed by atoms with Crippen LogP contribution in [-0.2, 0) is 4.74 Å². The number of aromatic nitrogens is 3. The van der Waals surface area contributed by atoms with Crippen molar-refractivity contribution in [2.45, 2.75) is 18.9 Å². The second-order valence-electron chi connectivity index (χ2n) is 7.60. The minimum Gasteiger partial charge on any atom is -0.508 e. The van der Waals surface area contributed by atoms with Crippen molar-refractivity contribution < 1.29 is 14.6 Å². The predicted molar refractivity (Wildman–Crippen MR) is 123 cm³/mol. The van der Waals surface area contributed by atoms with E-state index < -0.39 is 0 Å². The summed E-state index contributed by atoms with van der Waals surface area (Å²) in [4.78, 5) is 17.5. The number of benzene rings is 2. The third kappa shape index (κ3) is 4.28. The zero-order chi connectivity index (χ0) is 21.9. The maximum absolute atomic E-state index is 12.8. The van der Waals surface area contributed by atoms with Crippen molar-refractivity contribution in [3.63, 3.8) is 0 Å². The number of thiazole rings is 1. The van der Waals surface area contributed by atoms with Crippen LogP contribution in [0.2, 0.25) is 0 Å². The van der Waals surface area contributed by atoms with Gasteiger partial charge in [-0.1, -0.05) is 42.5 Å². The summed E-state index contributed by atoms with van der Waals surface area (Å²) >= 11 is 1.43. The number of carbonyl (C=O) groups excluding carboxylic acids is 1. The number of hydrogen-bond donors (Lipinski definition) is 2. The molecule has 1 amide bonds. The molecule has 3 heterocycles. The molecular weight excluding hydrogens is 424 g/mol. The number of aromatic hydroxyl groups is 1. The van der Waals surface area contributed by atoms with E-state index in [1.165, 1.54) is 11.3 Å². The summed E-state index contributed by atoms with van der Waals surface area (Å²) in [6, 6.07) is 18.6. The second kappa shape index (κ2) is 8.94. The molecule has 0 aliphatic carbocycles. The lowest BCUT2D eigenvalue weighted by Crippen LogP contribution is -2.32. The summed E-state index contributed by atoms with van der Waals surface area (Å²) in [6.45, 7) is 1.23. The van der Waals surface area contributed by atoms with E-state index in [4.69, 9.17) is 9.72 Å². The van der Waals surface area contributed by atoms with Gasteiger partial charge in [-0.05, 0) is 31.0 Å². The van der Waals surface area contributed by atoms with E-state index in [1.54, 1.807) is 28.9 Å². The zero-order valence-electron chi connectivity index (χ0n) is 17.3. The number of amides is 1. The number of phenolic OH excluding ortho intramolecular Hbond substituents is 1. The first-order valence-electron chi connectivity index (χ1n) is 10.5. The maximum atomic E-state index is 12.8. The first-order valence-corrected chi connectivity index (χ1v) is 11.4. The first kappa shape index (κ1) is 20.4. The zero-order valence-corrected chi connectivity index (χ0v) is 18.1. The van der Waals surface area contributed by atoms with E-state index in [-0.39, 0.29) is 17.8 Å². The molecular formula is C24H22N4O3S. The van der Waals surface area contributed by atoms with Crippen molar-refractivity contribution in [1.82, 2.24) is 20.1 Å². The Morgan fingerprint density at radius 3 is 2.78 bits per heavy atom. The van der Waals surface area contributed by atoms with Gasteiger partial charge in [0.05, 0.1) is 17.5 Å². The van der Waals surface area contributed by atoms with Crippen LogP contribution in [0.1, 0.15) is 23.3 Å². The van der Waals surface area contributed by atoms with Gasteiger partial charge in [0.1, 0.15) is 5.75 Å². The van der Waals surface area contributed by atoms with E-state index in [9.17, 15) is 9.90 Å². The summed E-state index contributed by atoms with van der Waals surface area (Å²) < 4.78 is 7.30. The molecule has 0 saturated carbocycles. The van der Waals surface area contributed by atoms with Crippen LogP contribution in [0.3, 0.4) is 0 Å². The molecule has 1 aliphatic rings. The number of carbonyl (C=O) groups is 1. The SMILES string of the molecule is O=C(NCC1CCCO1)c1cc(-c2ccccc2)n(-c2nc(-c3cccc(O)c3)cs2)n1. The van der Waals surface area contributed by atoms with Crippen LogP contribution in [0.4, 0.5) is 0 Å². The van der Waals surface area contributed by atoms with Gasteiger partial charge in [0.15, 0.2) is 5.69 Å². The molecule has 1 saturated heterocycles. The first-order chi connectivity index (χ1) is 15.7. The highest BCUT2D eigenvalue weighted by molar-refractivity contribution is 7.12. The third-order valence-electron chi connectivity index (χ3n) is 5.34. The summed E-state index contributed by atoms with van der Waals surface area (Å²) in [6.07, 6.45) is 2.05. The van der Waals surface area contributed by atoms with Gasteiger partial charge in [-0.2, -0.15) is 5.10 Å². The minimum atomic E-state index is -0.235. The lowest BCUT2D eigenvalue weighted by molar-refractivity contribution is 0.0853. The fourth-order valence-electron chi connectivity index (χ4n) is 3.71. The molecule has 4 aromatic rings. The Kier molecular flexibility index (Phi) is 5.70. The molecule has 8 heteroatoms. The Morgan fingerprint density at radius 2 is 2.00 bits per heavy atom. The van der Waals surface area contributed by atoms with Crippen LogP contribution in [0.25, 0.3) is 27.6 Å². The fourth-order valence-corrected chi connectivity index (χ4v) is 4.51. The number of rotatable bonds is 6. The van der Waals surface area contributed by atoms with Gasteiger partial charge < -0.3 is 15.2 Å². The van der Waals surface area contributed by atoms with Gasteiger partial charge in [-0.15, -0.1) is 11.3 Å². The molecule has 1 aliphatic heterocycles. The van der Waals surface area contributed by atoms with Crippen molar-refractivity contribution >= 4 is 17.2 Å². The molecule has 2 aromatic heterocycles. The lowest BCUT2D eigenvalue weighted by Gasteiger charge is -2.09. The highest BCUT2D eigenvalue weighted by Gasteiger charge is 2.21. The summed E-state index contributed by atoms with van der Waals surface area (Å²) in [5.74, 6) is -0.0486. The Labute approximate surface area is 189 Å². The average molecular weight is 447 g/mol. The Hall–Kier alpha value is -3.49. The predicted octanol–water partition coefficient (Wildman–Crippen LogP) is 4.28. The number of phenols is 1. The van der Waals surface area contributed by atoms with Crippen molar-refractivity contribution in [2.75, 3.05) is 13.2 Å². The molecule has 0 bridgehead atoms. The molecule has 2 aromatic carbocycles. The quantitative estimate of drug-likeness (QED) is 0.462. The second-order valence-corrected chi connectivity index (χ2v) is 8.44. The van der Waals surface area contributed by atoms with Gasteiger partial charge in [0.25, 0.3) is 5.91 Å². The number of hydrogen-bond acceptors (Lipinski definition) is 6. The highest BCUT2D eigenvalue weighted by Crippen LogP contribution is 2.30. The Bertz CT molecular complexity index is 1230. The van der Waals surface area contributed by atoms with E-state index in [0.717, 1.165) is 42.0 Å². The molecule has 7 nitrogen and oxygen atoms in total. The van der Waals surface area contributed by atoms with Gasteiger partial charge in [0, 0.05) is 29.7 Å². The van der Waals surface area contributed by atoms with E-state index in [0.29, 0.717) is 17.4 Å². The van der Waals surface area contributed by atoms with Crippen LogP contribution in [-0.4, -0.2) is 45.0 Å². The Morgan fingerprint density at radius 1 is 1.16 bits per heavy atom. The molecule has 32 heavy (non-hydrogen) atoms. The van der Waals surface area contributed by atoms with Gasteiger partial charge in [-0.25, -0.2) is 9.67 Å². The standard InChI is InChI=1S/C24H22N4O3S/c29-18-9-4-8-17(12-18)21-15-32-24(26-21)28-22(16-6-2-1-3-7-16)13-20(27-28)23(30)25-14-19-10-5-11-31-19/h1-4,6-9,12-13,15,19,29H,5,10-11,14H2,(H,25,30). The van der Waals surface area contributed by atoms with Crippen molar-refractivity contribution in [2.24, 2.45) is 0 Å². The van der Waals surface area contributed by atoms with Gasteiger partial charge >= 0.3 is 0 Å². The fraction of sp³-hybridized carbons (Fsp3) is 0.208. The number of nitrogens with one attached hydrogen (secondary N) is 1. The monoisotopic (exact) mass is 446 g/mol. The number of ether oxygens (including phenoxy) is 1. The average Bonchev–Trinajstić information content (AvgIpc) is 3.58. The lowest BCUT2D eigenvalue weighted by atomic mass is 10.1. The molecule has 0 radical (unpaired) electrons. The van der Waals surface area contributed by atoms with Crippen molar-refractivity contribution in [3.8, 4) is 33.4 Å². The van der Waals surface area contributed by atoms with E-state index >= 15 is 0 Å². The van der Waals surface area contributed by atoms with Gasteiger partial charge in [-0.3, -0.25) is 4.79 Å². The van der Waals surface area contributed by atoms with Crippen LogP contribution < -0.4 is 5.32 Å². The van der Waals surface area contributed by atoms with Crippen molar-refractivity contribution in [1.29, 1.82) is 0 Å². The van der Waals surface area contributed by atoms with Crippen LogP contribution in [0, 0.1) is 0 Å². The normalized spacial score (nSPS) is 15.7. The molecule has 2 N–H and O–H groups in total. The number of nitrogens with zero attached hydrogens (tertiary/aromatic N) is 3. The topological polar surface area (TPSA) is 89.3 Å². The van der Waals surface area contributed by atoms with Crippen LogP contribution in [0.5, 0.6) is 5.75 Å². The molecule has 162 valence electrons. The smallest absolute Gasteiger partial charge is 0.271 e. The van der Waals surface area contributed by atoms with E-state index in [1.807, 2.05) is 41.8 Å².